The molecule has 9 nitrogen and oxygen atoms in total. The number of aromatic nitrogens is 4. The summed E-state index contributed by atoms with van der Waals surface area (Å²) in [5, 5.41) is 14.5. The summed E-state index contributed by atoms with van der Waals surface area (Å²) >= 11 is 8.97. The number of hydrogen-bond acceptors (Lipinski definition) is 7. The molecule has 11 heteroatoms. The highest BCUT2D eigenvalue weighted by Gasteiger charge is 2.18. The van der Waals surface area contributed by atoms with Crippen LogP contribution in [0.25, 0.3) is 5.78 Å². The third-order valence-corrected chi connectivity index (χ3v) is 3.38. The van der Waals surface area contributed by atoms with E-state index in [9.17, 15) is 14.9 Å². The van der Waals surface area contributed by atoms with Crippen molar-refractivity contribution in [2.24, 2.45) is 0 Å². The number of nitro benzene ring substituents is 1. The molecule has 0 amide bonds. The summed E-state index contributed by atoms with van der Waals surface area (Å²) in [6.07, 6.45) is 3.09. The first-order valence-electron chi connectivity index (χ1n) is 5.98. The number of carbonyl (C=O) groups is 1. The third-order valence-electron chi connectivity index (χ3n) is 2.67. The van der Waals surface area contributed by atoms with E-state index in [0.717, 1.165) is 6.07 Å². The molecule has 3 rings (SSSR count). The number of benzene rings is 1. The lowest BCUT2D eigenvalue weighted by atomic mass is 10.3. The van der Waals surface area contributed by atoms with E-state index >= 15 is 0 Å². The molecule has 0 spiro atoms. The van der Waals surface area contributed by atoms with E-state index in [4.69, 9.17) is 16.3 Å². The zero-order chi connectivity index (χ0) is 16.6. The van der Waals surface area contributed by atoms with Gasteiger partial charge in [-0.2, -0.15) is 4.98 Å². The first-order valence-corrected chi connectivity index (χ1v) is 7.15. The van der Waals surface area contributed by atoms with E-state index in [-0.39, 0.29) is 28.1 Å². The van der Waals surface area contributed by atoms with Gasteiger partial charge in [-0.1, -0.05) is 11.6 Å². The van der Waals surface area contributed by atoms with Gasteiger partial charge < -0.3 is 4.74 Å². The molecule has 0 aliphatic carbocycles. The Morgan fingerprint density at radius 3 is 2.91 bits per heavy atom. The lowest BCUT2D eigenvalue weighted by molar-refractivity contribution is -0.384. The Labute approximate surface area is 141 Å². The van der Waals surface area contributed by atoms with Crippen LogP contribution < -0.4 is 4.74 Å². The number of nitro groups is 1. The van der Waals surface area contributed by atoms with Crippen LogP contribution in [0.15, 0.2) is 35.1 Å². The molecule has 0 N–H and O–H groups in total. The zero-order valence-electron chi connectivity index (χ0n) is 11.0. The van der Waals surface area contributed by atoms with Crippen molar-refractivity contribution in [3.05, 3.63) is 56.0 Å². The van der Waals surface area contributed by atoms with Gasteiger partial charge in [0.2, 0.25) is 0 Å². The summed E-state index contributed by atoms with van der Waals surface area (Å²) in [6.45, 7) is 0. The van der Waals surface area contributed by atoms with Gasteiger partial charge >= 0.3 is 5.97 Å². The predicted octanol–water partition coefficient (Wildman–Crippen LogP) is 2.67. The monoisotopic (exact) mass is 397 g/mol. The lowest BCUT2D eigenvalue weighted by Crippen LogP contribution is -2.10. The molecular formula is C12H5BrClN5O4. The summed E-state index contributed by atoms with van der Waals surface area (Å²) in [5.74, 6) is -0.776. The van der Waals surface area contributed by atoms with Gasteiger partial charge in [-0.15, -0.1) is 5.10 Å². The Hall–Kier alpha value is -2.59. The molecule has 0 aliphatic rings. The molecule has 0 saturated carbocycles. The fraction of sp³-hybridized carbons (Fsp3) is 0. The fourth-order valence-corrected chi connectivity index (χ4v) is 2.23. The number of fused-ring (bicyclic) bond motifs is 1. The largest absolute Gasteiger partial charge is 0.421 e. The van der Waals surface area contributed by atoms with Crippen LogP contribution in [0.2, 0.25) is 5.02 Å². The van der Waals surface area contributed by atoms with Gasteiger partial charge in [0.15, 0.2) is 0 Å². The van der Waals surface area contributed by atoms with Crippen LogP contribution in [0.4, 0.5) is 5.69 Å². The number of ether oxygens (including phenoxy) is 1. The minimum Gasteiger partial charge on any atom is -0.421 e. The fourth-order valence-electron chi connectivity index (χ4n) is 1.70. The Morgan fingerprint density at radius 1 is 1.43 bits per heavy atom. The van der Waals surface area contributed by atoms with Crippen LogP contribution in [-0.4, -0.2) is 30.5 Å². The number of rotatable bonds is 3. The Morgan fingerprint density at radius 2 is 2.22 bits per heavy atom. The second-order valence-corrected chi connectivity index (χ2v) is 5.53. The van der Waals surface area contributed by atoms with Crippen LogP contribution in [0.5, 0.6) is 5.75 Å². The normalized spacial score (nSPS) is 10.7. The van der Waals surface area contributed by atoms with Crippen LogP contribution in [0, 0.1) is 10.1 Å². The summed E-state index contributed by atoms with van der Waals surface area (Å²) in [6, 6.07) is 3.56. The molecule has 2 aromatic heterocycles. The van der Waals surface area contributed by atoms with Crippen molar-refractivity contribution >= 4 is 45.0 Å². The second kappa shape index (κ2) is 5.89. The molecule has 1 aromatic carbocycles. The first kappa shape index (κ1) is 15.3. The van der Waals surface area contributed by atoms with Gasteiger partial charge in [0.05, 0.1) is 9.40 Å². The van der Waals surface area contributed by atoms with Crippen molar-refractivity contribution in [1.29, 1.82) is 0 Å². The molecule has 0 fully saturated rings. The Bertz CT molecular complexity index is 944. The quantitative estimate of drug-likeness (QED) is 0.288. The van der Waals surface area contributed by atoms with Crippen molar-refractivity contribution in [3.63, 3.8) is 0 Å². The smallest absolute Gasteiger partial charge is 0.383 e. The lowest BCUT2D eigenvalue weighted by Gasteiger charge is -2.02. The average Bonchev–Trinajstić information content (AvgIpc) is 2.90. The molecule has 0 bridgehead atoms. The van der Waals surface area contributed by atoms with Gasteiger partial charge in [0.25, 0.3) is 17.3 Å². The highest BCUT2D eigenvalue weighted by Crippen LogP contribution is 2.28. The predicted molar refractivity (Wildman–Crippen MR) is 81.5 cm³/mol. The average molecular weight is 399 g/mol. The molecule has 0 saturated heterocycles. The van der Waals surface area contributed by atoms with Gasteiger partial charge in [-0.05, 0) is 22.0 Å². The number of esters is 1. The third kappa shape index (κ3) is 3.12. The maximum absolute atomic E-state index is 12.0. The first-order chi connectivity index (χ1) is 10.9. The topological polar surface area (TPSA) is 113 Å². The van der Waals surface area contributed by atoms with E-state index < -0.39 is 10.9 Å². The molecule has 116 valence electrons. The van der Waals surface area contributed by atoms with E-state index in [1.165, 1.54) is 22.8 Å². The number of halogens is 2. The van der Waals surface area contributed by atoms with Gasteiger partial charge in [0.1, 0.15) is 10.8 Å². The maximum atomic E-state index is 12.0. The van der Waals surface area contributed by atoms with E-state index in [1.807, 2.05) is 0 Å². The van der Waals surface area contributed by atoms with Crippen LogP contribution in [0.1, 0.15) is 10.6 Å². The maximum Gasteiger partial charge on any atom is 0.383 e. The van der Waals surface area contributed by atoms with Crippen LogP contribution in [-0.2, 0) is 0 Å². The minimum atomic E-state index is -0.837. The summed E-state index contributed by atoms with van der Waals surface area (Å²) in [7, 11) is 0. The molecule has 0 aliphatic heterocycles. The molecular weight excluding hydrogens is 394 g/mol. The highest BCUT2D eigenvalue weighted by atomic mass is 79.9. The molecule has 3 aromatic rings. The Balaban J connectivity index is 1.85. The van der Waals surface area contributed by atoms with Gasteiger partial charge in [0, 0.05) is 24.5 Å². The van der Waals surface area contributed by atoms with Crippen LogP contribution in [0.3, 0.4) is 0 Å². The minimum absolute atomic E-state index is 0.0404. The molecule has 0 unspecified atom stereocenters. The standard InChI is InChI=1S/C12H5BrClN5O4/c13-6-4-15-12-16-10(17-18(12)5-6)11(20)23-7-1-2-9(19(21)22)8(14)3-7/h1-5H. The SMILES string of the molecule is O=C(Oc1ccc([N+](=O)[O-])c(Cl)c1)c1nc2ncc(Br)cn2n1. The number of nitrogens with zero attached hydrogens (tertiary/aromatic N) is 5. The van der Waals surface area contributed by atoms with Crippen molar-refractivity contribution in [2.75, 3.05) is 0 Å². The van der Waals surface area contributed by atoms with E-state index in [1.54, 1.807) is 6.20 Å². The molecule has 23 heavy (non-hydrogen) atoms. The van der Waals surface area contributed by atoms with Gasteiger partial charge in [-0.25, -0.2) is 14.3 Å². The highest BCUT2D eigenvalue weighted by molar-refractivity contribution is 9.10. The van der Waals surface area contributed by atoms with Crippen molar-refractivity contribution < 1.29 is 14.5 Å². The van der Waals surface area contributed by atoms with E-state index in [0.29, 0.717) is 4.47 Å². The number of hydrogen-bond donors (Lipinski definition) is 0. The van der Waals surface area contributed by atoms with Crippen LogP contribution >= 0.6 is 27.5 Å². The van der Waals surface area contributed by atoms with Crippen molar-refractivity contribution in [1.82, 2.24) is 19.6 Å². The summed E-state index contributed by atoms with van der Waals surface area (Å²) in [4.78, 5) is 30.0. The summed E-state index contributed by atoms with van der Waals surface area (Å²) in [5.41, 5.74) is -0.286. The zero-order valence-corrected chi connectivity index (χ0v) is 13.4. The molecule has 2 heterocycles. The van der Waals surface area contributed by atoms with Gasteiger partial charge in [-0.3, -0.25) is 10.1 Å². The van der Waals surface area contributed by atoms with Crippen molar-refractivity contribution in [2.45, 2.75) is 0 Å². The summed E-state index contributed by atoms with van der Waals surface area (Å²) < 4.78 is 7.02. The molecule has 0 radical (unpaired) electrons. The second-order valence-electron chi connectivity index (χ2n) is 4.21. The number of carbonyl (C=O) groups excluding carboxylic acids is 1. The van der Waals surface area contributed by atoms with E-state index in [2.05, 4.69) is 31.0 Å². The Kier molecular flexibility index (Phi) is 3.92. The van der Waals surface area contributed by atoms with Crippen molar-refractivity contribution in [3.8, 4) is 5.75 Å². The molecule has 0 atom stereocenters.